The van der Waals surface area contributed by atoms with E-state index in [1.54, 1.807) is 0 Å². The lowest BCUT2D eigenvalue weighted by Crippen LogP contribution is -1.90. The molecule has 0 radical (unpaired) electrons. The molecular weight excluding hydrogens is 272 g/mol. The molecule has 0 amide bonds. The molecule has 0 saturated carbocycles. The SMILES string of the molecule is Cc1ccc(CCCc2cccc(Br)c2)cc1. The monoisotopic (exact) mass is 288 g/mol. The van der Waals surface area contributed by atoms with E-state index in [0.717, 1.165) is 12.8 Å². The van der Waals surface area contributed by atoms with Gasteiger partial charge in [-0.3, -0.25) is 0 Å². The summed E-state index contributed by atoms with van der Waals surface area (Å²) in [4.78, 5) is 0. The van der Waals surface area contributed by atoms with E-state index in [1.807, 2.05) is 0 Å². The minimum Gasteiger partial charge on any atom is -0.0609 e. The van der Waals surface area contributed by atoms with Gasteiger partial charge in [-0.1, -0.05) is 57.9 Å². The molecule has 0 heterocycles. The second-order valence-corrected chi connectivity index (χ2v) is 5.38. The van der Waals surface area contributed by atoms with Crippen molar-refractivity contribution in [3.63, 3.8) is 0 Å². The lowest BCUT2D eigenvalue weighted by Gasteiger charge is -2.03. The van der Waals surface area contributed by atoms with Crippen LogP contribution in [0.4, 0.5) is 0 Å². The first kappa shape index (κ1) is 12.4. The third kappa shape index (κ3) is 4.01. The van der Waals surface area contributed by atoms with Gasteiger partial charge in [0.05, 0.1) is 0 Å². The molecule has 0 aromatic heterocycles. The minimum atomic E-state index is 1.15. The van der Waals surface area contributed by atoms with Gasteiger partial charge in [-0.15, -0.1) is 0 Å². The Morgan fingerprint density at radius 1 is 0.882 bits per heavy atom. The van der Waals surface area contributed by atoms with Gasteiger partial charge in [0.2, 0.25) is 0 Å². The standard InChI is InChI=1S/C16H17Br/c1-13-8-10-14(11-9-13)4-2-5-15-6-3-7-16(17)12-15/h3,6-12H,2,4-5H2,1H3. The fourth-order valence-corrected chi connectivity index (χ4v) is 2.39. The van der Waals surface area contributed by atoms with Crippen molar-refractivity contribution in [1.82, 2.24) is 0 Å². The van der Waals surface area contributed by atoms with Crippen LogP contribution < -0.4 is 0 Å². The maximum atomic E-state index is 3.51. The Balaban J connectivity index is 1.85. The number of hydrogen-bond donors (Lipinski definition) is 0. The van der Waals surface area contributed by atoms with Crippen LogP contribution in [-0.4, -0.2) is 0 Å². The first-order chi connectivity index (χ1) is 8.24. The zero-order valence-corrected chi connectivity index (χ0v) is 11.7. The van der Waals surface area contributed by atoms with Crippen molar-refractivity contribution in [3.05, 3.63) is 69.7 Å². The fourth-order valence-electron chi connectivity index (χ4n) is 1.94. The molecule has 2 aromatic rings. The molecule has 0 nitrogen and oxygen atoms in total. The number of aryl methyl sites for hydroxylation is 3. The van der Waals surface area contributed by atoms with Gasteiger partial charge in [-0.25, -0.2) is 0 Å². The smallest absolute Gasteiger partial charge is 0.0177 e. The van der Waals surface area contributed by atoms with Crippen LogP contribution in [0, 0.1) is 6.92 Å². The highest BCUT2D eigenvalue weighted by Crippen LogP contribution is 2.14. The molecule has 0 fully saturated rings. The first-order valence-corrected chi connectivity index (χ1v) is 6.83. The Morgan fingerprint density at radius 2 is 1.59 bits per heavy atom. The molecule has 0 atom stereocenters. The molecule has 1 heteroatoms. The van der Waals surface area contributed by atoms with Crippen molar-refractivity contribution >= 4 is 15.9 Å². The molecule has 0 aliphatic rings. The van der Waals surface area contributed by atoms with Crippen molar-refractivity contribution in [1.29, 1.82) is 0 Å². The van der Waals surface area contributed by atoms with Crippen LogP contribution in [0.25, 0.3) is 0 Å². The van der Waals surface area contributed by atoms with Gasteiger partial charge in [0.25, 0.3) is 0 Å². The Morgan fingerprint density at radius 3 is 2.29 bits per heavy atom. The van der Waals surface area contributed by atoms with E-state index in [9.17, 15) is 0 Å². The number of rotatable bonds is 4. The van der Waals surface area contributed by atoms with Crippen LogP contribution in [-0.2, 0) is 12.8 Å². The van der Waals surface area contributed by atoms with Crippen LogP contribution in [0.15, 0.2) is 53.0 Å². The van der Waals surface area contributed by atoms with Crippen molar-refractivity contribution in [2.24, 2.45) is 0 Å². The zero-order valence-electron chi connectivity index (χ0n) is 10.1. The van der Waals surface area contributed by atoms with E-state index in [0.29, 0.717) is 0 Å². The predicted octanol–water partition coefficient (Wildman–Crippen LogP) is 4.93. The highest BCUT2D eigenvalue weighted by molar-refractivity contribution is 9.10. The van der Waals surface area contributed by atoms with Crippen LogP contribution in [0.5, 0.6) is 0 Å². The Labute approximate surface area is 112 Å². The van der Waals surface area contributed by atoms with E-state index in [-0.39, 0.29) is 0 Å². The molecule has 0 aliphatic heterocycles. The highest BCUT2D eigenvalue weighted by atomic mass is 79.9. The Bertz CT molecular complexity index is 471. The van der Waals surface area contributed by atoms with E-state index >= 15 is 0 Å². The van der Waals surface area contributed by atoms with Crippen LogP contribution >= 0.6 is 15.9 Å². The fraction of sp³-hybridized carbons (Fsp3) is 0.250. The van der Waals surface area contributed by atoms with Crippen LogP contribution in [0.1, 0.15) is 23.1 Å². The zero-order chi connectivity index (χ0) is 12.1. The highest BCUT2D eigenvalue weighted by Gasteiger charge is 1.96. The molecular formula is C16H17Br. The Kier molecular flexibility index (Phi) is 4.38. The summed E-state index contributed by atoms with van der Waals surface area (Å²) in [5.41, 5.74) is 4.18. The van der Waals surface area contributed by atoms with Gasteiger partial charge in [0.15, 0.2) is 0 Å². The molecule has 0 N–H and O–H groups in total. The average molecular weight is 289 g/mol. The van der Waals surface area contributed by atoms with E-state index in [4.69, 9.17) is 0 Å². The molecule has 2 aromatic carbocycles. The van der Waals surface area contributed by atoms with Crippen molar-refractivity contribution < 1.29 is 0 Å². The molecule has 2 rings (SSSR count). The number of benzene rings is 2. The lowest BCUT2D eigenvalue weighted by molar-refractivity contribution is 0.820. The van der Waals surface area contributed by atoms with Crippen molar-refractivity contribution in [2.75, 3.05) is 0 Å². The van der Waals surface area contributed by atoms with Crippen molar-refractivity contribution in [3.8, 4) is 0 Å². The second kappa shape index (κ2) is 6.02. The summed E-state index contributed by atoms with van der Waals surface area (Å²) >= 11 is 3.51. The lowest BCUT2D eigenvalue weighted by atomic mass is 10.0. The molecule has 0 spiro atoms. The summed E-state index contributed by atoms with van der Waals surface area (Å²) in [7, 11) is 0. The predicted molar refractivity (Wildman–Crippen MR) is 77.3 cm³/mol. The minimum absolute atomic E-state index is 1.15. The summed E-state index contributed by atoms with van der Waals surface area (Å²) in [6, 6.07) is 17.4. The van der Waals surface area contributed by atoms with E-state index < -0.39 is 0 Å². The quantitative estimate of drug-likeness (QED) is 0.748. The van der Waals surface area contributed by atoms with E-state index in [2.05, 4.69) is 71.4 Å². The molecule has 88 valence electrons. The topological polar surface area (TPSA) is 0 Å². The summed E-state index contributed by atoms with van der Waals surface area (Å²) in [6.45, 7) is 2.13. The number of halogens is 1. The maximum absolute atomic E-state index is 3.51. The van der Waals surface area contributed by atoms with E-state index in [1.165, 1.54) is 27.6 Å². The first-order valence-electron chi connectivity index (χ1n) is 6.04. The van der Waals surface area contributed by atoms with Gasteiger partial charge < -0.3 is 0 Å². The van der Waals surface area contributed by atoms with Gasteiger partial charge in [0.1, 0.15) is 0 Å². The summed E-state index contributed by atoms with van der Waals surface area (Å²) < 4.78 is 1.17. The summed E-state index contributed by atoms with van der Waals surface area (Å²) in [6.07, 6.45) is 3.51. The normalized spacial score (nSPS) is 10.5. The second-order valence-electron chi connectivity index (χ2n) is 4.47. The van der Waals surface area contributed by atoms with Gasteiger partial charge in [-0.2, -0.15) is 0 Å². The van der Waals surface area contributed by atoms with Crippen molar-refractivity contribution in [2.45, 2.75) is 26.2 Å². The third-order valence-electron chi connectivity index (χ3n) is 2.94. The van der Waals surface area contributed by atoms with Crippen LogP contribution in [0.2, 0.25) is 0 Å². The Hall–Kier alpha value is -1.08. The molecule has 17 heavy (non-hydrogen) atoms. The summed E-state index contributed by atoms with van der Waals surface area (Å²) in [5.74, 6) is 0. The number of hydrogen-bond acceptors (Lipinski definition) is 0. The molecule has 0 aliphatic carbocycles. The third-order valence-corrected chi connectivity index (χ3v) is 3.43. The average Bonchev–Trinajstić information content (AvgIpc) is 2.32. The van der Waals surface area contributed by atoms with Crippen LogP contribution in [0.3, 0.4) is 0 Å². The summed E-state index contributed by atoms with van der Waals surface area (Å²) in [5, 5.41) is 0. The van der Waals surface area contributed by atoms with Gasteiger partial charge in [-0.05, 0) is 49.4 Å². The molecule has 0 saturated heterocycles. The van der Waals surface area contributed by atoms with Gasteiger partial charge in [0, 0.05) is 4.47 Å². The van der Waals surface area contributed by atoms with Gasteiger partial charge >= 0.3 is 0 Å². The molecule has 0 unspecified atom stereocenters. The largest absolute Gasteiger partial charge is 0.0609 e. The maximum Gasteiger partial charge on any atom is 0.0177 e. The molecule has 0 bridgehead atoms.